The molecule has 3 aromatic carbocycles. The lowest BCUT2D eigenvalue weighted by atomic mass is 9.85. The van der Waals surface area contributed by atoms with Gasteiger partial charge in [-0.2, -0.15) is 0 Å². The highest BCUT2D eigenvalue weighted by molar-refractivity contribution is 5.98. The molecule has 0 heterocycles. The Balaban J connectivity index is -0.000000612. The number of hydrogen-bond acceptors (Lipinski definition) is 11. The first-order valence-corrected chi connectivity index (χ1v) is 44.0. The van der Waals surface area contributed by atoms with Crippen molar-refractivity contribution in [3.63, 3.8) is 0 Å². The fourth-order valence-corrected chi connectivity index (χ4v) is 10.4. The molecule has 0 aliphatic rings. The Bertz CT molecular complexity index is 2340. The summed E-state index contributed by atoms with van der Waals surface area (Å²) in [5, 5.41) is 0. The molecule has 0 N–H and O–H groups in total. The summed E-state index contributed by atoms with van der Waals surface area (Å²) < 4.78 is 49.4. The smallest absolute Gasteiger partial charge is 0.140 e. The maximum absolute atomic E-state index is 10.9. The molecular weight excluding hydrogens is 1390 g/mol. The fourth-order valence-electron chi connectivity index (χ4n) is 10.4. The van der Waals surface area contributed by atoms with E-state index < -0.39 is 0 Å². The van der Waals surface area contributed by atoms with Gasteiger partial charge in [-0.25, -0.2) is 0 Å². The molecule has 0 fully saturated rings. The molecule has 0 atom stereocenters. The zero-order valence-corrected chi connectivity index (χ0v) is 80.6. The molecule has 112 heavy (non-hydrogen) atoms. The van der Waals surface area contributed by atoms with Crippen molar-refractivity contribution in [3.05, 3.63) is 106 Å². The number of ketones is 2. The second-order valence-corrected chi connectivity index (χ2v) is 43.0. The van der Waals surface area contributed by atoms with E-state index in [9.17, 15) is 9.59 Å². The highest BCUT2D eigenvalue weighted by atomic mass is 16.6. The average molecular weight is 1580 g/mol. The van der Waals surface area contributed by atoms with Gasteiger partial charge < -0.3 is 42.6 Å². The third-order valence-electron chi connectivity index (χ3n) is 16.7. The molecular formula is C101H188O11. The van der Waals surface area contributed by atoms with Gasteiger partial charge in [0.05, 0.1) is 85.7 Å². The monoisotopic (exact) mass is 1580 g/mol. The largest absolute Gasteiger partial charge is 0.379 e. The molecule has 0 radical (unpaired) electrons. The first kappa shape index (κ1) is 115. The van der Waals surface area contributed by atoms with Gasteiger partial charge in [0.2, 0.25) is 0 Å². The van der Waals surface area contributed by atoms with Crippen LogP contribution >= 0.6 is 0 Å². The van der Waals surface area contributed by atoms with E-state index in [1.54, 1.807) is 0 Å². The zero-order chi connectivity index (χ0) is 86.6. The lowest BCUT2D eigenvalue weighted by molar-refractivity contribution is -0.127. The summed E-state index contributed by atoms with van der Waals surface area (Å²) in [5.41, 5.74) is 12.4. The molecule has 658 valence electrons. The van der Waals surface area contributed by atoms with Gasteiger partial charge in [0.25, 0.3) is 0 Å². The summed E-state index contributed by atoms with van der Waals surface area (Å²) in [4.78, 5) is 21.8. The van der Waals surface area contributed by atoms with Gasteiger partial charge in [0.15, 0.2) is 0 Å². The van der Waals surface area contributed by atoms with Crippen LogP contribution < -0.4 is 0 Å². The van der Waals surface area contributed by atoms with Crippen molar-refractivity contribution >= 4 is 11.6 Å². The van der Waals surface area contributed by atoms with Crippen LogP contribution in [0.3, 0.4) is 0 Å². The van der Waals surface area contributed by atoms with Crippen LogP contribution in [0.25, 0.3) is 0 Å². The summed E-state index contributed by atoms with van der Waals surface area (Å²) in [6.45, 7) is 88.8. The molecule has 0 aliphatic carbocycles. The normalized spacial score (nSPS) is 12.3. The van der Waals surface area contributed by atoms with E-state index in [1.807, 2.05) is 13.8 Å². The summed E-state index contributed by atoms with van der Waals surface area (Å²) in [5.74, 6) is 0.178. The van der Waals surface area contributed by atoms with Crippen LogP contribution in [-0.2, 0) is 90.7 Å². The molecule has 0 aromatic heterocycles. The maximum Gasteiger partial charge on any atom is 0.140 e. The van der Waals surface area contributed by atoms with E-state index in [2.05, 4.69) is 294 Å². The number of rotatable bonds is 44. The molecule has 0 bridgehead atoms. The Morgan fingerprint density at radius 3 is 0.571 bits per heavy atom. The SMILES string of the molecule is CC(C)(C)CCOCCOCCOCCC(C)(C)C.CC(C)(C)CCOCCOCCOCCC(C)(C)C.CC(C)(C)CCOCCOCCOCCC(C)(C)C.CC(C)(C)Cc1ccc(CC(C)(C)C)cc1.CC(C)(C)Cc1cccc(CC(C)(C)C)c1.CCCC(=O)CC(=O)CCC.CCCc1ccc(CCC)cc1. The van der Waals surface area contributed by atoms with E-state index in [-0.39, 0.29) is 18.0 Å². The summed E-state index contributed by atoms with van der Waals surface area (Å²) in [7, 11) is 0. The molecule has 0 unspecified atom stereocenters. The molecule has 0 amide bonds. The standard InChI is InChI=1S/3C16H34O3.2C16H26.C12H18.C9H16O2/c3*1-15(2,3)7-9-17-11-13-19-14-12-18-10-8-16(4,5)6;1-15(2,3)11-13-7-9-14(10-8-13)12-16(4,5)6;1-15(2,3)11-13-8-7-9-14(10-13)12-16(4,5)6;1-3-5-11-7-9-12(6-4-2)10-8-11;1-3-5-8(10)7-9(11)6-4-2/h3*7-14H2,1-6H3;2*7-10H,11-12H2,1-6H3;7-10H,3-6H2,1-2H3;3-7H2,1-2H3. The number of hydrogen-bond donors (Lipinski definition) is 0. The van der Waals surface area contributed by atoms with Gasteiger partial charge >= 0.3 is 0 Å². The third kappa shape index (κ3) is 97.2. The summed E-state index contributed by atoms with van der Waals surface area (Å²) in [6.07, 6.45) is 19.0. The maximum atomic E-state index is 10.9. The second kappa shape index (κ2) is 63.7. The number of benzene rings is 3. The van der Waals surface area contributed by atoms with Crippen LogP contribution in [0.15, 0.2) is 72.8 Å². The van der Waals surface area contributed by atoms with Crippen LogP contribution in [0.5, 0.6) is 0 Å². The molecule has 11 heteroatoms. The van der Waals surface area contributed by atoms with Crippen molar-refractivity contribution in [2.24, 2.45) is 54.1 Å². The molecule has 3 aromatic rings. The van der Waals surface area contributed by atoms with E-state index in [0.717, 1.165) is 117 Å². The Labute approximate surface area is 696 Å². The summed E-state index contributed by atoms with van der Waals surface area (Å²) in [6, 6.07) is 27.2. The summed E-state index contributed by atoms with van der Waals surface area (Å²) >= 11 is 0. The van der Waals surface area contributed by atoms with Crippen LogP contribution in [-0.4, -0.2) is 130 Å². The van der Waals surface area contributed by atoms with Gasteiger partial charge in [-0.3, -0.25) is 9.59 Å². The lowest BCUT2D eigenvalue weighted by Crippen LogP contribution is -2.14. The van der Waals surface area contributed by atoms with E-state index >= 15 is 0 Å². The average Bonchev–Trinajstić information content (AvgIpc) is 0.869. The number of aryl methyl sites for hydroxylation is 2. The van der Waals surface area contributed by atoms with Gasteiger partial charge in [0, 0.05) is 52.5 Å². The highest BCUT2D eigenvalue weighted by Gasteiger charge is 2.18. The minimum absolute atomic E-state index is 0.0888. The quantitative estimate of drug-likeness (QED) is 0.0398. The number of ether oxygens (including phenoxy) is 9. The van der Waals surface area contributed by atoms with Crippen molar-refractivity contribution in [2.75, 3.05) is 119 Å². The van der Waals surface area contributed by atoms with E-state index in [1.165, 1.54) is 59.1 Å². The zero-order valence-electron chi connectivity index (χ0n) is 80.6. The Kier molecular flexibility index (Phi) is 65.4. The van der Waals surface area contributed by atoms with Crippen molar-refractivity contribution in [2.45, 2.75) is 357 Å². The molecule has 0 saturated carbocycles. The van der Waals surface area contributed by atoms with Crippen LogP contribution in [0.2, 0.25) is 0 Å². The molecule has 0 spiro atoms. The fraction of sp³-hybridized carbons (Fsp3) is 0.802. The van der Waals surface area contributed by atoms with Crippen LogP contribution in [0, 0.1) is 54.1 Å². The van der Waals surface area contributed by atoms with Gasteiger partial charge in [-0.05, 0) is 177 Å². The van der Waals surface area contributed by atoms with Crippen molar-refractivity contribution in [1.29, 1.82) is 0 Å². The van der Waals surface area contributed by atoms with Crippen LogP contribution in [0.4, 0.5) is 0 Å². The molecule has 11 nitrogen and oxygen atoms in total. The van der Waals surface area contributed by atoms with Gasteiger partial charge in [-0.1, -0.05) is 321 Å². The topological polar surface area (TPSA) is 117 Å². The van der Waals surface area contributed by atoms with E-state index in [0.29, 0.717) is 146 Å². The van der Waals surface area contributed by atoms with Crippen LogP contribution in [0.1, 0.15) is 352 Å². The van der Waals surface area contributed by atoms with Crippen molar-refractivity contribution < 1.29 is 52.2 Å². The first-order chi connectivity index (χ1) is 51.5. The van der Waals surface area contributed by atoms with Crippen molar-refractivity contribution in [3.8, 4) is 0 Å². The van der Waals surface area contributed by atoms with Gasteiger partial charge in [-0.15, -0.1) is 0 Å². The number of carbonyl (C=O) groups excluding carboxylic acids is 2. The predicted molar refractivity (Wildman–Crippen MR) is 486 cm³/mol. The first-order valence-electron chi connectivity index (χ1n) is 44.0. The third-order valence-corrected chi connectivity index (χ3v) is 16.7. The van der Waals surface area contributed by atoms with E-state index in [4.69, 9.17) is 42.6 Å². The second-order valence-electron chi connectivity index (χ2n) is 43.0. The highest BCUT2D eigenvalue weighted by Crippen LogP contribution is 2.28. The van der Waals surface area contributed by atoms with Crippen molar-refractivity contribution in [1.82, 2.24) is 0 Å². The van der Waals surface area contributed by atoms with Gasteiger partial charge in [0.1, 0.15) is 11.6 Å². The Morgan fingerprint density at radius 1 is 0.223 bits per heavy atom. The lowest BCUT2D eigenvalue weighted by Gasteiger charge is -2.21. The Morgan fingerprint density at radius 2 is 0.402 bits per heavy atom. The minimum Gasteiger partial charge on any atom is -0.379 e. The number of carbonyl (C=O) groups is 2. The number of Topliss-reactive ketones (excluding diaryl/α,β-unsaturated/α-hetero) is 2. The minimum atomic E-state index is 0.0888. The molecule has 0 saturated heterocycles. The molecule has 0 aliphatic heterocycles. The predicted octanol–water partition coefficient (Wildman–Crippen LogP) is 27.2. The molecule has 3 rings (SSSR count). The Hall–Kier alpha value is -3.36.